The normalized spacial score (nSPS) is 11.5. The number of nitrogens with one attached hydrogen (secondary N) is 1. The number of amides is 1. The zero-order chi connectivity index (χ0) is 16.5. The van der Waals surface area contributed by atoms with Crippen LogP contribution in [-0.4, -0.2) is 15.7 Å². The third kappa shape index (κ3) is 3.49. The SMILES string of the molecule is Cc1nn(CC(=O)Nc2ccccc2C(F)(F)F)c(C)c1Br. The topological polar surface area (TPSA) is 46.9 Å². The number of alkyl halides is 3. The fourth-order valence-electron chi connectivity index (χ4n) is 1.99. The van der Waals surface area contributed by atoms with Gasteiger partial charge in [0.2, 0.25) is 5.91 Å². The molecule has 0 aliphatic rings. The Labute approximate surface area is 133 Å². The zero-order valence-electron chi connectivity index (χ0n) is 11.8. The molecule has 1 heterocycles. The maximum absolute atomic E-state index is 12.9. The van der Waals surface area contributed by atoms with Crippen molar-refractivity contribution in [1.29, 1.82) is 0 Å². The second kappa shape index (κ2) is 6.12. The van der Waals surface area contributed by atoms with Gasteiger partial charge in [-0.1, -0.05) is 12.1 Å². The molecule has 0 unspecified atom stereocenters. The first kappa shape index (κ1) is 16.5. The number of nitrogens with zero attached hydrogens (tertiary/aromatic N) is 2. The standard InChI is InChI=1S/C14H13BrF3N3O/c1-8-13(15)9(2)21(20-8)7-12(22)19-11-6-4-3-5-10(11)14(16,17)18/h3-6H,7H2,1-2H3,(H,19,22). The molecule has 0 spiro atoms. The lowest BCUT2D eigenvalue weighted by atomic mass is 10.1. The lowest BCUT2D eigenvalue weighted by Crippen LogP contribution is -2.22. The quantitative estimate of drug-likeness (QED) is 0.883. The molecule has 1 amide bonds. The Morgan fingerprint density at radius 2 is 1.95 bits per heavy atom. The Morgan fingerprint density at radius 1 is 1.32 bits per heavy atom. The number of hydrogen-bond acceptors (Lipinski definition) is 2. The molecular formula is C14H13BrF3N3O. The van der Waals surface area contributed by atoms with Crippen LogP contribution in [0.25, 0.3) is 0 Å². The summed E-state index contributed by atoms with van der Waals surface area (Å²) in [7, 11) is 0. The van der Waals surface area contributed by atoms with E-state index < -0.39 is 17.6 Å². The molecule has 1 N–H and O–H groups in total. The molecule has 4 nitrogen and oxygen atoms in total. The summed E-state index contributed by atoms with van der Waals surface area (Å²) in [5.41, 5.74) is 0.302. The van der Waals surface area contributed by atoms with Gasteiger partial charge in [0.15, 0.2) is 0 Å². The van der Waals surface area contributed by atoms with Crippen LogP contribution in [0.5, 0.6) is 0 Å². The number of aryl methyl sites for hydroxylation is 1. The Morgan fingerprint density at radius 3 is 2.50 bits per heavy atom. The van der Waals surface area contributed by atoms with Crippen molar-refractivity contribution in [2.75, 3.05) is 5.32 Å². The van der Waals surface area contributed by atoms with E-state index in [1.807, 2.05) is 0 Å². The molecule has 118 valence electrons. The number of para-hydroxylation sites is 1. The summed E-state index contributed by atoms with van der Waals surface area (Å²) >= 11 is 3.33. The number of halogens is 4. The minimum Gasteiger partial charge on any atom is -0.324 e. The summed E-state index contributed by atoms with van der Waals surface area (Å²) in [6.45, 7) is 3.37. The lowest BCUT2D eigenvalue weighted by molar-refractivity contribution is -0.137. The molecule has 2 rings (SSSR count). The Balaban J connectivity index is 2.18. The van der Waals surface area contributed by atoms with Crippen LogP contribution in [0, 0.1) is 13.8 Å². The average molecular weight is 376 g/mol. The van der Waals surface area contributed by atoms with Crippen LogP contribution in [0.4, 0.5) is 18.9 Å². The van der Waals surface area contributed by atoms with E-state index in [-0.39, 0.29) is 12.2 Å². The molecule has 0 bridgehead atoms. The van der Waals surface area contributed by atoms with E-state index in [1.54, 1.807) is 13.8 Å². The minimum atomic E-state index is -4.52. The number of hydrogen-bond donors (Lipinski definition) is 1. The van der Waals surface area contributed by atoms with E-state index in [0.29, 0.717) is 5.69 Å². The number of anilines is 1. The third-order valence-corrected chi connectivity index (χ3v) is 4.24. The maximum Gasteiger partial charge on any atom is 0.418 e. The molecule has 0 radical (unpaired) electrons. The van der Waals surface area contributed by atoms with Crippen molar-refractivity contribution in [3.05, 3.63) is 45.7 Å². The molecule has 2 aromatic rings. The van der Waals surface area contributed by atoms with Crippen LogP contribution in [-0.2, 0) is 17.5 Å². The van der Waals surface area contributed by atoms with Gasteiger partial charge in [0.1, 0.15) is 6.54 Å². The van der Waals surface area contributed by atoms with Gasteiger partial charge < -0.3 is 5.32 Å². The van der Waals surface area contributed by atoms with Crippen molar-refractivity contribution in [3.63, 3.8) is 0 Å². The molecule has 1 aromatic carbocycles. The summed E-state index contributed by atoms with van der Waals surface area (Å²) in [6, 6.07) is 4.86. The molecule has 8 heteroatoms. The van der Waals surface area contributed by atoms with Crippen molar-refractivity contribution < 1.29 is 18.0 Å². The van der Waals surface area contributed by atoms with E-state index >= 15 is 0 Å². The van der Waals surface area contributed by atoms with Crippen molar-refractivity contribution in [2.24, 2.45) is 0 Å². The van der Waals surface area contributed by atoms with Crippen LogP contribution >= 0.6 is 15.9 Å². The first-order chi connectivity index (χ1) is 10.2. The van der Waals surface area contributed by atoms with Gasteiger partial charge in [-0.2, -0.15) is 18.3 Å². The molecule has 22 heavy (non-hydrogen) atoms. The maximum atomic E-state index is 12.9. The summed E-state index contributed by atoms with van der Waals surface area (Å²) in [6.07, 6.45) is -4.52. The van der Waals surface area contributed by atoms with Crippen molar-refractivity contribution >= 4 is 27.5 Å². The van der Waals surface area contributed by atoms with E-state index in [1.165, 1.54) is 22.9 Å². The number of carbonyl (C=O) groups is 1. The van der Waals surface area contributed by atoms with Crippen molar-refractivity contribution in [3.8, 4) is 0 Å². The number of rotatable bonds is 3. The summed E-state index contributed by atoms with van der Waals surface area (Å²) in [4.78, 5) is 12.0. The summed E-state index contributed by atoms with van der Waals surface area (Å²) in [5, 5.41) is 6.44. The fourth-order valence-corrected chi connectivity index (χ4v) is 2.28. The van der Waals surface area contributed by atoms with Gasteiger partial charge in [-0.25, -0.2) is 0 Å². The van der Waals surface area contributed by atoms with Gasteiger partial charge >= 0.3 is 6.18 Å². The first-order valence-electron chi connectivity index (χ1n) is 6.35. The van der Waals surface area contributed by atoms with E-state index in [9.17, 15) is 18.0 Å². The van der Waals surface area contributed by atoms with Gasteiger partial charge in [0, 0.05) is 0 Å². The van der Waals surface area contributed by atoms with Crippen LogP contribution in [0.2, 0.25) is 0 Å². The highest BCUT2D eigenvalue weighted by atomic mass is 79.9. The minimum absolute atomic E-state index is 0.162. The van der Waals surface area contributed by atoms with E-state index in [2.05, 4.69) is 26.3 Å². The highest BCUT2D eigenvalue weighted by molar-refractivity contribution is 9.10. The second-order valence-corrected chi connectivity index (χ2v) is 5.53. The molecular weight excluding hydrogens is 363 g/mol. The van der Waals surface area contributed by atoms with Crippen LogP contribution < -0.4 is 5.32 Å². The smallest absolute Gasteiger partial charge is 0.324 e. The largest absolute Gasteiger partial charge is 0.418 e. The Bertz CT molecular complexity index is 710. The molecule has 0 atom stereocenters. The average Bonchev–Trinajstić information content (AvgIpc) is 2.65. The van der Waals surface area contributed by atoms with E-state index in [4.69, 9.17) is 0 Å². The lowest BCUT2D eigenvalue weighted by Gasteiger charge is -2.13. The van der Waals surface area contributed by atoms with Gasteiger partial charge in [0.05, 0.1) is 27.1 Å². The summed E-state index contributed by atoms with van der Waals surface area (Å²) in [5.74, 6) is -0.574. The highest BCUT2D eigenvalue weighted by Gasteiger charge is 2.33. The molecule has 0 aliphatic heterocycles. The van der Waals surface area contributed by atoms with Gasteiger partial charge in [-0.05, 0) is 41.9 Å². The monoisotopic (exact) mass is 375 g/mol. The molecule has 1 aromatic heterocycles. The molecule has 0 saturated carbocycles. The van der Waals surface area contributed by atoms with Gasteiger partial charge in [-0.3, -0.25) is 9.48 Å². The summed E-state index contributed by atoms with van der Waals surface area (Å²) < 4.78 is 40.8. The van der Waals surface area contributed by atoms with Crippen molar-refractivity contribution in [2.45, 2.75) is 26.6 Å². The predicted molar refractivity (Wildman–Crippen MR) is 79.5 cm³/mol. The van der Waals surface area contributed by atoms with E-state index in [0.717, 1.165) is 16.2 Å². The van der Waals surface area contributed by atoms with Crippen molar-refractivity contribution in [1.82, 2.24) is 9.78 Å². The predicted octanol–water partition coefficient (Wildman–Crippen LogP) is 3.92. The zero-order valence-corrected chi connectivity index (χ0v) is 13.4. The fraction of sp³-hybridized carbons (Fsp3) is 0.286. The third-order valence-electron chi connectivity index (χ3n) is 3.09. The molecule has 0 saturated heterocycles. The Hall–Kier alpha value is -1.83. The Kier molecular flexibility index (Phi) is 4.60. The van der Waals surface area contributed by atoms with Gasteiger partial charge in [-0.15, -0.1) is 0 Å². The van der Waals surface area contributed by atoms with Crippen LogP contribution in [0.15, 0.2) is 28.7 Å². The highest BCUT2D eigenvalue weighted by Crippen LogP contribution is 2.34. The molecule has 0 aliphatic carbocycles. The second-order valence-electron chi connectivity index (χ2n) is 4.73. The molecule has 0 fully saturated rings. The number of aromatic nitrogens is 2. The number of carbonyl (C=O) groups excluding carboxylic acids is 1. The number of benzene rings is 1. The van der Waals surface area contributed by atoms with Crippen LogP contribution in [0.1, 0.15) is 17.0 Å². The van der Waals surface area contributed by atoms with Gasteiger partial charge in [0.25, 0.3) is 0 Å². The first-order valence-corrected chi connectivity index (χ1v) is 7.15. The van der Waals surface area contributed by atoms with Crippen LogP contribution in [0.3, 0.4) is 0 Å².